The smallest absolute Gasteiger partial charge is 0.331 e. The van der Waals surface area contributed by atoms with Gasteiger partial charge in [-0.05, 0) is 19.9 Å². The fraction of sp³-hybridized carbons (Fsp3) is 0.286. The van der Waals surface area contributed by atoms with Crippen molar-refractivity contribution in [1.29, 1.82) is 0 Å². The van der Waals surface area contributed by atoms with Crippen LogP contribution in [0.3, 0.4) is 0 Å². The van der Waals surface area contributed by atoms with Gasteiger partial charge >= 0.3 is 5.97 Å². The van der Waals surface area contributed by atoms with Crippen LogP contribution in [0.15, 0.2) is 35.4 Å². The normalized spacial score (nSPS) is 18.1. The topological polar surface area (TPSA) is 75.6 Å². The van der Waals surface area contributed by atoms with Crippen LogP contribution in [-0.4, -0.2) is 23.6 Å². The zero-order valence-electron chi connectivity index (χ0n) is 10.8. The number of hydrogen-bond acceptors (Lipinski definition) is 3. The number of nitrogens with one attached hydrogen (secondary N) is 1. The van der Waals surface area contributed by atoms with Crippen molar-refractivity contribution in [2.24, 2.45) is 0 Å². The summed E-state index contributed by atoms with van der Waals surface area (Å²) in [5.74, 6) is -0.717. The van der Waals surface area contributed by atoms with E-state index in [1.54, 1.807) is 0 Å². The van der Waals surface area contributed by atoms with Crippen LogP contribution in [0, 0.1) is 0 Å². The molecular formula is C14H15NO4. The lowest BCUT2D eigenvalue weighted by Crippen LogP contribution is -2.30. The molecule has 1 aliphatic rings. The summed E-state index contributed by atoms with van der Waals surface area (Å²) in [5, 5.41) is 11.6. The number of carbonyl (C=O) groups is 2. The monoisotopic (exact) mass is 261 g/mol. The molecule has 5 heteroatoms. The summed E-state index contributed by atoms with van der Waals surface area (Å²) in [6, 6.07) is 7.23. The van der Waals surface area contributed by atoms with Crippen LogP contribution >= 0.6 is 0 Å². The number of fused-ring (bicyclic) bond motifs is 1. The Kier molecular flexibility index (Phi) is 3.55. The SMILES string of the molecule is CC(C(=O)O)=C(C)C(=O)NC1COc2ccccc21. The second-order valence-electron chi connectivity index (χ2n) is 4.43. The van der Waals surface area contributed by atoms with E-state index in [0.717, 1.165) is 11.3 Å². The van der Waals surface area contributed by atoms with E-state index in [9.17, 15) is 9.59 Å². The number of rotatable bonds is 3. The highest BCUT2D eigenvalue weighted by atomic mass is 16.5. The van der Waals surface area contributed by atoms with Crippen molar-refractivity contribution in [3.8, 4) is 5.75 Å². The third-order valence-corrected chi connectivity index (χ3v) is 3.23. The van der Waals surface area contributed by atoms with E-state index < -0.39 is 5.97 Å². The Morgan fingerprint density at radius 2 is 1.95 bits per heavy atom. The number of para-hydroxylation sites is 1. The van der Waals surface area contributed by atoms with Gasteiger partial charge in [-0.1, -0.05) is 18.2 Å². The van der Waals surface area contributed by atoms with E-state index >= 15 is 0 Å². The maximum absolute atomic E-state index is 12.0. The Bertz CT molecular complexity index is 562. The Morgan fingerprint density at radius 1 is 1.26 bits per heavy atom. The Hall–Kier alpha value is -2.30. The van der Waals surface area contributed by atoms with Crippen molar-refractivity contribution in [3.63, 3.8) is 0 Å². The van der Waals surface area contributed by atoms with Crippen molar-refractivity contribution >= 4 is 11.9 Å². The molecule has 1 aromatic rings. The van der Waals surface area contributed by atoms with Crippen LogP contribution in [0.5, 0.6) is 5.75 Å². The van der Waals surface area contributed by atoms with Crippen molar-refractivity contribution < 1.29 is 19.4 Å². The molecule has 0 radical (unpaired) electrons. The third kappa shape index (κ3) is 2.59. The number of aliphatic carboxylic acids is 1. The minimum absolute atomic E-state index is 0.0460. The molecule has 0 saturated carbocycles. The van der Waals surface area contributed by atoms with Gasteiger partial charge < -0.3 is 15.2 Å². The summed E-state index contributed by atoms with van der Waals surface area (Å²) < 4.78 is 5.45. The maximum atomic E-state index is 12.0. The number of carboxylic acids is 1. The molecule has 1 unspecified atom stereocenters. The summed E-state index contributed by atoms with van der Waals surface area (Å²) in [6.07, 6.45) is 0. The first kappa shape index (κ1) is 13.1. The average molecular weight is 261 g/mol. The van der Waals surface area contributed by atoms with Gasteiger partial charge in [-0.25, -0.2) is 4.79 Å². The van der Waals surface area contributed by atoms with E-state index in [0.29, 0.717) is 6.61 Å². The quantitative estimate of drug-likeness (QED) is 0.811. The standard InChI is InChI=1S/C14H15NO4/c1-8(9(2)14(17)18)13(16)15-11-7-19-12-6-4-3-5-10(11)12/h3-6,11H,7H2,1-2H3,(H,15,16)(H,17,18). The number of carbonyl (C=O) groups excluding carboxylic acids is 1. The average Bonchev–Trinajstić information content (AvgIpc) is 2.80. The van der Waals surface area contributed by atoms with E-state index in [1.165, 1.54) is 13.8 Å². The summed E-state index contributed by atoms with van der Waals surface area (Å²) in [4.78, 5) is 22.8. The van der Waals surface area contributed by atoms with Crippen molar-refractivity contribution in [2.45, 2.75) is 19.9 Å². The van der Waals surface area contributed by atoms with Gasteiger partial charge in [-0.3, -0.25) is 4.79 Å². The molecule has 1 aromatic carbocycles. The predicted octanol–water partition coefficient (Wildman–Crippen LogP) is 1.66. The number of ether oxygens (including phenoxy) is 1. The van der Waals surface area contributed by atoms with Crippen LogP contribution in [0.4, 0.5) is 0 Å². The van der Waals surface area contributed by atoms with Crippen molar-refractivity contribution in [3.05, 3.63) is 41.0 Å². The van der Waals surface area contributed by atoms with Gasteiger partial charge in [0.15, 0.2) is 0 Å². The second-order valence-corrected chi connectivity index (χ2v) is 4.43. The molecule has 5 nitrogen and oxygen atoms in total. The van der Waals surface area contributed by atoms with Crippen LogP contribution in [-0.2, 0) is 9.59 Å². The van der Waals surface area contributed by atoms with Gasteiger partial charge in [0.05, 0.1) is 6.04 Å². The molecule has 2 rings (SSSR count). The molecule has 100 valence electrons. The maximum Gasteiger partial charge on any atom is 0.331 e. The lowest BCUT2D eigenvalue weighted by molar-refractivity contribution is -0.133. The lowest BCUT2D eigenvalue weighted by atomic mass is 10.1. The van der Waals surface area contributed by atoms with Gasteiger partial charge in [0.2, 0.25) is 5.91 Å². The summed E-state index contributed by atoms with van der Waals surface area (Å²) >= 11 is 0. The first-order valence-corrected chi connectivity index (χ1v) is 5.94. The molecule has 2 N–H and O–H groups in total. The van der Waals surface area contributed by atoms with Gasteiger partial charge in [-0.15, -0.1) is 0 Å². The molecule has 0 aromatic heterocycles. The number of amides is 1. The minimum atomic E-state index is -1.09. The van der Waals surface area contributed by atoms with Gasteiger partial charge in [0.1, 0.15) is 12.4 Å². The van der Waals surface area contributed by atoms with Gasteiger partial charge in [0, 0.05) is 16.7 Å². The van der Waals surface area contributed by atoms with Crippen LogP contribution < -0.4 is 10.1 Å². The van der Waals surface area contributed by atoms with E-state index in [1.807, 2.05) is 24.3 Å². The number of carboxylic acid groups (broad SMARTS) is 1. The zero-order valence-corrected chi connectivity index (χ0v) is 10.8. The molecule has 1 heterocycles. The fourth-order valence-corrected chi connectivity index (χ4v) is 1.88. The second kappa shape index (κ2) is 5.14. The molecule has 1 atom stereocenters. The predicted molar refractivity (Wildman–Crippen MR) is 68.8 cm³/mol. The first-order chi connectivity index (χ1) is 9.00. The molecule has 0 aliphatic carbocycles. The fourth-order valence-electron chi connectivity index (χ4n) is 1.88. The van der Waals surface area contributed by atoms with E-state index in [2.05, 4.69) is 5.32 Å². The minimum Gasteiger partial charge on any atom is -0.491 e. The Morgan fingerprint density at radius 3 is 2.63 bits per heavy atom. The van der Waals surface area contributed by atoms with Crippen molar-refractivity contribution in [2.75, 3.05) is 6.61 Å². The van der Waals surface area contributed by atoms with E-state index in [4.69, 9.17) is 9.84 Å². The first-order valence-electron chi connectivity index (χ1n) is 5.94. The highest BCUT2D eigenvalue weighted by molar-refractivity contribution is 6.01. The molecule has 0 spiro atoms. The molecule has 1 aliphatic heterocycles. The third-order valence-electron chi connectivity index (χ3n) is 3.23. The number of hydrogen-bond donors (Lipinski definition) is 2. The van der Waals surface area contributed by atoms with Crippen LogP contribution in [0.25, 0.3) is 0 Å². The molecule has 19 heavy (non-hydrogen) atoms. The lowest BCUT2D eigenvalue weighted by Gasteiger charge is -2.12. The van der Waals surface area contributed by atoms with Gasteiger partial charge in [0.25, 0.3) is 0 Å². The molecule has 0 bridgehead atoms. The summed E-state index contributed by atoms with van der Waals surface area (Å²) in [7, 11) is 0. The summed E-state index contributed by atoms with van der Waals surface area (Å²) in [5.41, 5.74) is 1.17. The zero-order chi connectivity index (χ0) is 14.0. The largest absolute Gasteiger partial charge is 0.491 e. The number of benzene rings is 1. The van der Waals surface area contributed by atoms with E-state index in [-0.39, 0.29) is 23.1 Å². The molecule has 1 amide bonds. The molecule has 0 fully saturated rings. The van der Waals surface area contributed by atoms with Crippen LogP contribution in [0.2, 0.25) is 0 Å². The summed E-state index contributed by atoms with van der Waals surface area (Å²) in [6.45, 7) is 3.28. The highest BCUT2D eigenvalue weighted by Gasteiger charge is 2.26. The molecular weight excluding hydrogens is 246 g/mol. The highest BCUT2D eigenvalue weighted by Crippen LogP contribution is 2.31. The van der Waals surface area contributed by atoms with Crippen molar-refractivity contribution in [1.82, 2.24) is 5.32 Å². The Balaban J connectivity index is 2.14. The molecule has 0 saturated heterocycles. The van der Waals surface area contributed by atoms with Crippen LogP contribution in [0.1, 0.15) is 25.5 Å². The Labute approximate surface area is 110 Å². The van der Waals surface area contributed by atoms with Gasteiger partial charge in [-0.2, -0.15) is 0 Å².